The summed E-state index contributed by atoms with van der Waals surface area (Å²) in [6.07, 6.45) is 3.82. The molecule has 0 saturated carbocycles. The Balaban J connectivity index is 1.13. The second-order valence-electron chi connectivity index (χ2n) is 8.72. The molecule has 1 fully saturated rings. The molecule has 2 aromatic carbocycles. The lowest BCUT2D eigenvalue weighted by Crippen LogP contribution is -2.49. The smallest absolute Gasteiger partial charge is 0.272 e. The standard InChI is InChI=1S/C27H26N6O/c28-15-21-5-7-22(8-6-21)17-32-19-23(16-29-20-32)18-31-11-13-33(14-12-31)27(34)26-10-9-24-3-1-2-4-25(24)30-26/h1-10,16,20H,11-14,17-19H2. The fourth-order valence-corrected chi connectivity index (χ4v) is 4.43. The molecule has 0 N–H and O–H groups in total. The number of rotatable bonds is 5. The van der Waals surface area contributed by atoms with E-state index in [0.717, 1.165) is 49.2 Å². The third-order valence-electron chi connectivity index (χ3n) is 6.27. The first kappa shape index (κ1) is 21.8. The van der Waals surface area contributed by atoms with Crippen LogP contribution in [0.2, 0.25) is 0 Å². The molecule has 7 nitrogen and oxygen atoms in total. The summed E-state index contributed by atoms with van der Waals surface area (Å²) < 4.78 is 0. The number of aromatic nitrogens is 1. The van der Waals surface area contributed by atoms with Gasteiger partial charge >= 0.3 is 0 Å². The number of para-hydroxylation sites is 1. The van der Waals surface area contributed by atoms with Gasteiger partial charge in [0.25, 0.3) is 5.91 Å². The molecule has 2 aliphatic rings. The number of nitrogens with zero attached hydrogens (tertiary/aromatic N) is 6. The minimum absolute atomic E-state index is 0.000441. The summed E-state index contributed by atoms with van der Waals surface area (Å²) in [6.45, 7) is 5.47. The zero-order chi connectivity index (χ0) is 23.3. The lowest BCUT2D eigenvalue weighted by Gasteiger charge is -2.36. The van der Waals surface area contributed by atoms with Crippen molar-refractivity contribution >= 4 is 23.1 Å². The van der Waals surface area contributed by atoms with Gasteiger partial charge in [-0.15, -0.1) is 0 Å². The summed E-state index contributed by atoms with van der Waals surface area (Å²) in [5.74, 6) is 0.000441. The second-order valence-corrected chi connectivity index (χ2v) is 8.72. The Kier molecular flexibility index (Phi) is 6.32. The molecule has 1 aromatic heterocycles. The summed E-state index contributed by atoms with van der Waals surface area (Å²) in [6, 6.07) is 21.5. The third kappa shape index (κ3) is 4.98. The molecule has 3 aromatic rings. The number of carbonyl (C=O) groups excluding carboxylic acids is 1. The summed E-state index contributed by atoms with van der Waals surface area (Å²) in [4.78, 5) is 28.4. The second kappa shape index (κ2) is 9.86. The van der Waals surface area contributed by atoms with Gasteiger partial charge in [0.15, 0.2) is 0 Å². The van der Waals surface area contributed by atoms with Crippen molar-refractivity contribution in [3.63, 3.8) is 0 Å². The number of pyridine rings is 1. The van der Waals surface area contributed by atoms with Crippen LogP contribution in [-0.2, 0) is 6.54 Å². The largest absolute Gasteiger partial charge is 0.354 e. The minimum Gasteiger partial charge on any atom is -0.354 e. The van der Waals surface area contributed by atoms with Gasteiger partial charge in [0.05, 0.1) is 23.5 Å². The van der Waals surface area contributed by atoms with E-state index >= 15 is 0 Å². The average Bonchev–Trinajstić information content (AvgIpc) is 2.89. The van der Waals surface area contributed by atoms with Crippen LogP contribution in [-0.4, -0.2) is 71.2 Å². The first-order valence-corrected chi connectivity index (χ1v) is 11.5. The monoisotopic (exact) mass is 450 g/mol. The number of amides is 1. The maximum Gasteiger partial charge on any atom is 0.272 e. The van der Waals surface area contributed by atoms with Gasteiger partial charge < -0.3 is 9.80 Å². The number of piperazine rings is 1. The molecule has 0 bridgehead atoms. The predicted octanol–water partition coefficient (Wildman–Crippen LogP) is 3.29. The van der Waals surface area contributed by atoms with E-state index in [1.165, 1.54) is 5.57 Å². The van der Waals surface area contributed by atoms with Crippen LogP contribution < -0.4 is 0 Å². The van der Waals surface area contributed by atoms with Crippen LogP contribution in [0, 0.1) is 11.3 Å². The average molecular weight is 451 g/mol. The quantitative estimate of drug-likeness (QED) is 0.596. The van der Waals surface area contributed by atoms with Crippen LogP contribution in [0.1, 0.15) is 21.6 Å². The number of carbonyl (C=O) groups is 1. The Morgan fingerprint density at radius 3 is 2.53 bits per heavy atom. The van der Waals surface area contributed by atoms with E-state index in [2.05, 4.69) is 25.8 Å². The lowest BCUT2D eigenvalue weighted by molar-refractivity contribution is 0.0641. The van der Waals surface area contributed by atoms with Crippen molar-refractivity contribution in [3.8, 4) is 6.07 Å². The lowest BCUT2D eigenvalue weighted by atomic mass is 10.1. The molecular weight excluding hydrogens is 424 g/mol. The summed E-state index contributed by atoms with van der Waals surface area (Å²) in [7, 11) is 0. The van der Waals surface area contributed by atoms with Gasteiger partial charge in [-0.2, -0.15) is 5.26 Å². The maximum absolute atomic E-state index is 13.0. The predicted molar refractivity (Wildman–Crippen MR) is 132 cm³/mol. The number of hydrogen-bond donors (Lipinski definition) is 0. The Hall–Kier alpha value is -4.02. The van der Waals surface area contributed by atoms with E-state index in [1.807, 2.05) is 78.1 Å². The molecule has 34 heavy (non-hydrogen) atoms. The topological polar surface area (TPSA) is 75.8 Å². The minimum atomic E-state index is 0.000441. The number of benzene rings is 2. The van der Waals surface area contributed by atoms with E-state index in [4.69, 9.17) is 5.26 Å². The van der Waals surface area contributed by atoms with Crippen molar-refractivity contribution < 1.29 is 4.79 Å². The number of hydrogen-bond acceptors (Lipinski definition) is 6. The molecule has 3 heterocycles. The fraction of sp³-hybridized carbons (Fsp3) is 0.259. The van der Waals surface area contributed by atoms with Crippen molar-refractivity contribution in [2.75, 3.05) is 39.3 Å². The molecule has 0 aliphatic carbocycles. The number of fused-ring (bicyclic) bond motifs is 1. The van der Waals surface area contributed by atoms with Crippen LogP contribution >= 0.6 is 0 Å². The normalized spacial score (nSPS) is 16.4. The van der Waals surface area contributed by atoms with E-state index in [-0.39, 0.29) is 5.91 Å². The highest BCUT2D eigenvalue weighted by Gasteiger charge is 2.24. The van der Waals surface area contributed by atoms with Gasteiger partial charge in [0.1, 0.15) is 5.69 Å². The van der Waals surface area contributed by atoms with Crippen LogP contribution in [0.25, 0.3) is 10.9 Å². The van der Waals surface area contributed by atoms with Crippen molar-refractivity contribution in [1.29, 1.82) is 5.26 Å². The Morgan fingerprint density at radius 2 is 1.74 bits per heavy atom. The zero-order valence-corrected chi connectivity index (χ0v) is 19.0. The van der Waals surface area contributed by atoms with Crippen LogP contribution in [0.5, 0.6) is 0 Å². The molecule has 7 heteroatoms. The highest BCUT2D eigenvalue weighted by molar-refractivity contribution is 5.95. The highest BCUT2D eigenvalue weighted by Crippen LogP contribution is 2.16. The number of nitriles is 1. The Morgan fingerprint density at radius 1 is 0.941 bits per heavy atom. The van der Waals surface area contributed by atoms with Crippen LogP contribution in [0.4, 0.5) is 0 Å². The molecule has 0 atom stereocenters. The van der Waals surface area contributed by atoms with Crippen LogP contribution in [0.15, 0.2) is 77.4 Å². The van der Waals surface area contributed by atoms with Crippen molar-refractivity contribution in [3.05, 3.63) is 89.3 Å². The van der Waals surface area contributed by atoms with E-state index in [0.29, 0.717) is 24.3 Å². The van der Waals surface area contributed by atoms with Gasteiger partial charge in [-0.05, 0) is 35.4 Å². The summed E-state index contributed by atoms with van der Waals surface area (Å²) >= 11 is 0. The van der Waals surface area contributed by atoms with Gasteiger partial charge in [-0.1, -0.05) is 36.4 Å². The van der Waals surface area contributed by atoms with Gasteiger partial charge in [0, 0.05) is 57.4 Å². The fourth-order valence-electron chi connectivity index (χ4n) is 4.43. The maximum atomic E-state index is 13.0. The molecule has 0 unspecified atom stereocenters. The summed E-state index contributed by atoms with van der Waals surface area (Å²) in [5.41, 5.74) is 4.44. The zero-order valence-electron chi connectivity index (χ0n) is 19.0. The summed E-state index contributed by atoms with van der Waals surface area (Å²) in [5, 5.41) is 10.0. The first-order valence-electron chi connectivity index (χ1n) is 11.5. The molecule has 170 valence electrons. The molecule has 1 saturated heterocycles. The molecule has 0 radical (unpaired) electrons. The van der Waals surface area contributed by atoms with E-state index < -0.39 is 0 Å². The number of aliphatic imine (C=N–C) groups is 1. The SMILES string of the molecule is N#Cc1ccc(CN2C=NC=C(CN3CCN(C(=O)c4ccc5ccccc5n4)CC3)C2)cc1. The Bertz CT molecular complexity index is 1280. The van der Waals surface area contributed by atoms with E-state index in [1.54, 1.807) is 0 Å². The van der Waals surface area contributed by atoms with Crippen molar-refractivity contribution in [2.24, 2.45) is 4.99 Å². The van der Waals surface area contributed by atoms with Crippen molar-refractivity contribution in [1.82, 2.24) is 19.7 Å². The molecule has 0 spiro atoms. The van der Waals surface area contributed by atoms with E-state index in [9.17, 15) is 4.79 Å². The Labute approximate surface area is 199 Å². The molecular formula is C27H26N6O. The third-order valence-corrected chi connectivity index (χ3v) is 6.27. The van der Waals surface area contributed by atoms with Crippen LogP contribution in [0.3, 0.4) is 0 Å². The highest BCUT2D eigenvalue weighted by atomic mass is 16.2. The van der Waals surface area contributed by atoms with Crippen molar-refractivity contribution in [2.45, 2.75) is 6.54 Å². The molecule has 1 amide bonds. The molecule has 2 aliphatic heterocycles. The van der Waals surface area contributed by atoms with Gasteiger partial charge in [0.2, 0.25) is 0 Å². The van der Waals surface area contributed by atoms with Gasteiger partial charge in [-0.3, -0.25) is 9.69 Å². The first-order chi connectivity index (χ1) is 16.7. The van der Waals surface area contributed by atoms with Gasteiger partial charge in [-0.25, -0.2) is 9.98 Å². The molecule has 5 rings (SSSR count).